The van der Waals surface area contributed by atoms with Crippen LogP contribution in [0.4, 0.5) is 0 Å². The summed E-state index contributed by atoms with van der Waals surface area (Å²) in [6, 6.07) is 0. The van der Waals surface area contributed by atoms with Crippen LogP contribution in [0.5, 0.6) is 0 Å². The Balaban J connectivity index is 4.48. The monoisotopic (exact) mass is 796 g/mol. The molecule has 334 valence electrons. The Morgan fingerprint density at radius 3 is 1.11 bits per heavy atom. The largest absolute Gasteiger partial charge is 0.465 e. The number of carbonyl (C=O) groups is 2. The van der Waals surface area contributed by atoms with Crippen molar-refractivity contribution >= 4 is 11.9 Å². The van der Waals surface area contributed by atoms with Gasteiger partial charge in [0, 0.05) is 13.7 Å². The lowest BCUT2D eigenvalue weighted by Crippen LogP contribution is -2.30. The van der Waals surface area contributed by atoms with Crippen LogP contribution in [0, 0.1) is 11.8 Å². The van der Waals surface area contributed by atoms with Gasteiger partial charge in [-0.05, 0) is 64.5 Å². The summed E-state index contributed by atoms with van der Waals surface area (Å²) < 4.78 is 22.6. The molecule has 0 spiro atoms. The van der Waals surface area contributed by atoms with Crippen LogP contribution < -0.4 is 0 Å². The minimum absolute atomic E-state index is 0.0540. The van der Waals surface area contributed by atoms with Gasteiger partial charge in [0.25, 0.3) is 0 Å². The summed E-state index contributed by atoms with van der Waals surface area (Å²) in [5.74, 6) is 0.284. The Hall–Kier alpha value is -1.18. The first kappa shape index (κ1) is 54.8. The Morgan fingerprint density at radius 2 is 0.714 bits per heavy atom. The molecule has 2 atom stereocenters. The summed E-state index contributed by atoms with van der Waals surface area (Å²) in [5, 5.41) is 0. The number of nitrogens with zero attached hydrogens (tertiary/aromatic N) is 1. The molecular weight excluding hydrogens is 699 g/mol. The van der Waals surface area contributed by atoms with Crippen LogP contribution in [0.2, 0.25) is 0 Å². The van der Waals surface area contributed by atoms with Gasteiger partial charge in [-0.25, -0.2) is 0 Å². The molecule has 0 N–H and O–H groups in total. The molecule has 0 heterocycles. The van der Waals surface area contributed by atoms with Crippen molar-refractivity contribution in [1.82, 2.24) is 4.90 Å². The summed E-state index contributed by atoms with van der Waals surface area (Å²) in [5.41, 5.74) is 0. The van der Waals surface area contributed by atoms with Crippen LogP contribution in [0.1, 0.15) is 233 Å². The van der Waals surface area contributed by atoms with Crippen LogP contribution in [0.25, 0.3) is 0 Å². The first-order chi connectivity index (χ1) is 27.5. The molecule has 0 bridgehead atoms. The first-order valence-corrected chi connectivity index (χ1v) is 24.7. The summed E-state index contributed by atoms with van der Waals surface area (Å²) in [7, 11) is 1.71. The van der Waals surface area contributed by atoms with Crippen LogP contribution in [0.3, 0.4) is 0 Å². The molecule has 2 unspecified atom stereocenters. The number of hydrogen-bond donors (Lipinski definition) is 0. The average molecular weight is 796 g/mol. The molecule has 0 saturated heterocycles. The van der Waals surface area contributed by atoms with Crippen LogP contribution >= 0.6 is 0 Å². The topological polar surface area (TPSA) is 74.3 Å². The van der Waals surface area contributed by atoms with Crippen molar-refractivity contribution in [2.75, 3.05) is 59.8 Å². The second-order valence-corrected chi connectivity index (χ2v) is 16.8. The molecule has 0 aliphatic carbocycles. The van der Waals surface area contributed by atoms with Gasteiger partial charge in [0.2, 0.25) is 0 Å². The van der Waals surface area contributed by atoms with Crippen LogP contribution in [-0.4, -0.2) is 76.6 Å². The van der Waals surface area contributed by atoms with Gasteiger partial charge in [-0.2, -0.15) is 0 Å². The molecule has 0 aromatic heterocycles. The zero-order valence-electron chi connectivity index (χ0n) is 38.3. The lowest BCUT2D eigenvalue weighted by molar-refractivity contribution is -0.150. The zero-order valence-corrected chi connectivity index (χ0v) is 38.3. The Morgan fingerprint density at radius 1 is 0.375 bits per heavy atom. The number of esters is 2. The van der Waals surface area contributed by atoms with Gasteiger partial charge < -0.3 is 23.8 Å². The molecule has 56 heavy (non-hydrogen) atoms. The van der Waals surface area contributed by atoms with Gasteiger partial charge >= 0.3 is 11.9 Å². The number of carbonyl (C=O) groups excluding carboxylic acids is 2. The molecule has 0 saturated carbocycles. The highest BCUT2D eigenvalue weighted by atomic mass is 16.5. The van der Waals surface area contributed by atoms with E-state index in [1.165, 1.54) is 103 Å². The van der Waals surface area contributed by atoms with Gasteiger partial charge in [-0.15, -0.1) is 0 Å². The zero-order chi connectivity index (χ0) is 41.0. The molecule has 0 fully saturated rings. The van der Waals surface area contributed by atoms with Crippen LogP contribution in [0.15, 0.2) is 0 Å². The normalized spacial score (nSPS) is 12.7. The van der Waals surface area contributed by atoms with Gasteiger partial charge in [0.05, 0.1) is 44.9 Å². The number of rotatable bonds is 46. The van der Waals surface area contributed by atoms with E-state index in [9.17, 15) is 9.59 Å². The maximum atomic E-state index is 13.0. The number of methoxy groups -OCH3 is 1. The highest BCUT2D eigenvalue weighted by Gasteiger charge is 2.20. The van der Waals surface area contributed by atoms with Crippen molar-refractivity contribution in [3.8, 4) is 0 Å². The van der Waals surface area contributed by atoms with Gasteiger partial charge in [-0.3, -0.25) is 9.59 Å². The molecule has 7 heteroatoms. The second kappa shape index (κ2) is 44.9. The standard InChI is InChI=1S/C49H97NO6/c1-6-10-14-18-20-28-36-46(34-26-16-12-8-3)48(51)55-41-32-24-22-30-38-50(40-43-54-45-44-53-5)39-31-23-25-33-42-56-49(52)47(35-27-17-13-9-4)37-29-21-19-15-11-7-2/h46-47H,6-45H2,1-5H3. The lowest BCUT2D eigenvalue weighted by Gasteiger charge is -2.22. The summed E-state index contributed by atoms with van der Waals surface area (Å²) in [6.07, 6.45) is 37.6. The Bertz CT molecular complexity index is 751. The van der Waals surface area contributed by atoms with Crippen molar-refractivity contribution in [1.29, 1.82) is 0 Å². The maximum absolute atomic E-state index is 13.0. The number of hydrogen-bond acceptors (Lipinski definition) is 7. The third-order valence-electron chi connectivity index (χ3n) is 11.5. The van der Waals surface area contributed by atoms with Crippen molar-refractivity contribution in [2.24, 2.45) is 11.8 Å². The molecule has 0 aliphatic rings. The Kier molecular flexibility index (Phi) is 44.0. The number of ether oxygens (including phenoxy) is 4. The molecule has 0 rings (SSSR count). The highest BCUT2D eigenvalue weighted by molar-refractivity contribution is 5.72. The van der Waals surface area contributed by atoms with E-state index in [1.807, 2.05) is 0 Å². The number of unbranched alkanes of at least 4 members (excludes halogenated alkanes) is 22. The SMILES string of the molecule is CCCCCCCCC(CCCCCC)C(=O)OCCCCCCN(CCCCCCOC(=O)C(CCCCCC)CCCCCCCC)CCOCCOC. The fraction of sp³-hybridized carbons (Fsp3) is 0.959. The Labute approximate surface area is 349 Å². The van der Waals surface area contributed by atoms with E-state index in [4.69, 9.17) is 18.9 Å². The summed E-state index contributed by atoms with van der Waals surface area (Å²) in [4.78, 5) is 28.6. The van der Waals surface area contributed by atoms with Crippen LogP contribution in [-0.2, 0) is 28.5 Å². The van der Waals surface area contributed by atoms with Gasteiger partial charge in [0.15, 0.2) is 0 Å². The molecular formula is C49H97NO6. The lowest BCUT2D eigenvalue weighted by atomic mass is 9.94. The summed E-state index contributed by atoms with van der Waals surface area (Å²) in [6.45, 7) is 15.2. The van der Waals surface area contributed by atoms with E-state index >= 15 is 0 Å². The predicted octanol–water partition coefficient (Wildman–Crippen LogP) is 13.8. The molecule has 0 aromatic carbocycles. The molecule has 0 amide bonds. The average Bonchev–Trinajstić information content (AvgIpc) is 3.20. The quantitative estimate of drug-likeness (QED) is 0.0449. The van der Waals surface area contributed by atoms with E-state index in [-0.39, 0.29) is 23.8 Å². The van der Waals surface area contributed by atoms with Crippen molar-refractivity contribution in [2.45, 2.75) is 233 Å². The van der Waals surface area contributed by atoms with Crippen molar-refractivity contribution in [3.05, 3.63) is 0 Å². The molecule has 0 radical (unpaired) electrons. The van der Waals surface area contributed by atoms with E-state index in [1.54, 1.807) is 7.11 Å². The smallest absolute Gasteiger partial charge is 0.308 e. The van der Waals surface area contributed by atoms with E-state index in [0.717, 1.165) is 129 Å². The van der Waals surface area contributed by atoms with Gasteiger partial charge in [0.1, 0.15) is 0 Å². The molecule has 7 nitrogen and oxygen atoms in total. The fourth-order valence-corrected chi connectivity index (χ4v) is 7.67. The highest BCUT2D eigenvalue weighted by Crippen LogP contribution is 2.22. The maximum Gasteiger partial charge on any atom is 0.308 e. The molecule has 0 aliphatic heterocycles. The van der Waals surface area contributed by atoms with E-state index in [0.29, 0.717) is 26.4 Å². The minimum Gasteiger partial charge on any atom is -0.465 e. The fourth-order valence-electron chi connectivity index (χ4n) is 7.67. The third kappa shape index (κ3) is 37.1. The molecule has 0 aromatic rings. The van der Waals surface area contributed by atoms with Gasteiger partial charge in [-0.1, -0.05) is 182 Å². The third-order valence-corrected chi connectivity index (χ3v) is 11.5. The summed E-state index contributed by atoms with van der Waals surface area (Å²) >= 11 is 0. The van der Waals surface area contributed by atoms with Crippen molar-refractivity contribution in [3.63, 3.8) is 0 Å². The second-order valence-electron chi connectivity index (χ2n) is 16.8. The van der Waals surface area contributed by atoms with Crippen molar-refractivity contribution < 1.29 is 28.5 Å². The van der Waals surface area contributed by atoms with E-state index in [2.05, 4.69) is 32.6 Å². The predicted molar refractivity (Wildman–Crippen MR) is 238 cm³/mol. The van der Waals surface area contributed by atoms with E-state index < -0.39 is 0 Å². The first-order valence-electron chi connectivity index (χ1n) is 24.7. The minimum atomic E-state index is 0.0540.